The molecule has 2 aromatic heterocycles. The molecule has 0 N–H and O–H groups in total. The van der Waals surface area contributed by atoms with Crippen LogP contribution in [-0.2, 0) is 6.42 Å². The van der Waals surface area contributed by atoms with Crippen molar-refractivity contribution in [3.63, 3.8) is 0 Å². The van der Waals surface area contributed by atoms with Gasteiger partial charge in [-0.25, -0.2) is 19.9 Å². The summed E-state index contributed by atoms with van der Waals surface area (Å²) >= 11 is 0. The molecule has 0 aliphatic heterocycles. The van der Waals surface area contributed by atoms with Gasteiger partial charge in [0, 0.05) is 44.3 Å². The number of allylic oxidation sites excluding steroid dienone is 7. The standard InChI is InChI=1S/C50H32N4/c1-4-13-31(14-5-1)36-20-12-21-42-46(36)41-19-10-11-22-43(41)51-47(42)39-29-25-32-24-28-38-40(30-26-33-23-27-37(39)44(32)45(33)38)50-53-48(34-15-6-2-7-16-34)52-49(54-50)35-17-8-3-9-18-35/h1-23,25-30,45H,24H2. The molecule has 11 rings (SSSR count). The molecule has 0 radical (unpaired) electrons. The van der Waals surface area contributed by atoms with E-state index >= 15 is 0 Å². The van der Waals surface area contributed by atoms with Crippen molar-refractivity contribution in [2.24, 2.45) is 0 Å². The summed E-state index contributed by atoms with van der Waals surface area (Å²) in [6, 6.07) is 50.9. The van der Waals surface area contributed by atoms with Gasteiger partial charge in [-0.05, 0) is 51.5 Å². The summed E-state index contributed by atoms with van der Waals surface area (Å²) in [5.74, 6) is 2.10. The first kappa shape index (κ1) is 30.6. The van der Waals surface area contributed by atoms with Crippen LogP contribution in [0.5, 0.6) is 0 Å². The van der Waals surface area contributed by atoms with Crippen LogP contribution in [0.25, 0.3) is 78.5 Å². The van der Waals surface area contributed by atoms with E-state index in [9.17, 15) is 0 Å². The first-order chi connectivity index (χ1) is 26.8. The molecule has 8 aromatic rings. The van der Waals surface area contributed by atoms with E-state index in [1.165, 1.54) is 44.3 Å². The Morgan fingerprint density at radius 3 is 1.87 bits per heavy atom. The number of aromatic nitrogens is 4. The Morgan fingerprint density at radius 1 is 0.481 bits per heavy atom. The molecule has 2 heterocycles. The second-order valence-electron chi connectivity index (χ2n) is 14.1. The lowest BCUT2D eigenvalue weighted by Gasteiger charge is -2.36. The van der Waals surface area contributed by atoms with Gasteiger partial charge in [-0.3, -0.25) is 0 Å². The predicted octanol–water partition coefficient (Wildman–Crippen LogP) is 11.9. The maximum atomic E-state index is 5.43. The third kappa shape index (κ3) is 4.84. The Bertz CT molecular complexity index is 2880. The van der Waals surface area contributed by atoms with Gasteiger partial charge >= 0.3 is 0 Å². The van der Waals surface area contributed by atoms with Crippen molar-refractivity contribution in [1.29, 1.82) is 0 Å². The van der Waals surface area contributed by atoms with Crippen LogP contribution in [0.1, 0.15) is 28.4 Å². The Hall–Kier alpha value is -7.04. The number of rotatable bonds is 5. The lowest BCUT2D eigenvalue weighted by Crippen LogP contribution is -2.21. The smallest absolute Gasteiger partial charge is 0.164 e. The lowest BCUT2D eigenvalue weighted by molar-refractivity contribution is 0.890. The van der Waals surface area contributed by atoms with Crippen LogP contribution in [-0.4, -0.2) is 19.9 Å². The Morgan fingerprint density at radius 2 is 1.13 bits per heavy atom. The summed E-state index contributed by atoms with van der Waals surface area (Å²) in [7, 11) is 0. The molecule has 0 bridgehead atoms. The van der Waals surface area contributed by atoms with E-state index in [2.05, 4.69) is 140 Å². The summed E-state index contributed by atoms with van der Waals surface area (Å²) in [4.78, 5) is 20.7. The third-order valence-electron chi connectivity index (χ3n) is 11.1. The van der Waals surface area contributed by atoms with Crippen molar-refractivity contribution < 1.29 is 0 Å². The summed E-state index contributed by atoms with van der Waals surface area (Å²) < 4.78 is 0. The summed E-state index contributed by atoms with van der Waals surface area (Å²) in [5.41, 5.74) is 15.0. The number of hydrogen-bond donors (Lipinski definition) is 0. The van der Waals surface area contributed by atoms with Gasteiger partial charge in [-0.2, -0.15) is 0 Å². The second-order valence-corrected chi connectivity index (χ2v) is 14.1. The number of benzene rings is 6. The van der Waals surface area contributed by atoms with Gasteiger partial charge in [0.15, 0.2) is 17.5 Å². The van der Waals surface area contributed by atoms with Crippen LogP contribution >= 0.6 is 0 Å². The van der Waals surface area contributed by atoms with Crippen LogP contribution < -0.4 is 0 Å². The first-order valence-electron chi connectivity index (χ1n) is 18.5. The van der Waals surface area contributed by atoms with Crippen molar-refractivity contribution in [3.8, 4) is 45.2 Å². The fourth-order valence-electron chi connectivity index (χ4n) is 8.59. The highest BCUT2D eigenvalue weighted by atomic mass is 15.0. The number of fused-ring (bicyclic) bond motifs is 3. The highest BCUT2D eigenvalue weighted by molar-refractivity contribution is 6.17. The third-order valence-corrected chi connectivity index (χ3v) is 11.1. The Labute approximate surface area is 313 Å². The SMILES string of the molecule is C1=Cc2c(-c3nc4ccccc4c4c(-c5ccccc5)cccc34)ccc3c2C2C1=CC=C(c1nc(-c4ccccc4)nc(-c4ccccc4)n1)C2=CC3. The fourth-order valence-corrected chi connectivity index (χ4v) is 8.59. The van der Waals surface area contributed by atoms with Gasteiger partial charge in [-0.15, -0.1) is 0 Å². The fraction of sp³-hybridized carbons (Fsp3) is 0.0400. The zero-order valence-corrected chi connectivity index (χ0v) is 29.3. The minimum Gasteiger partial charge on any atom is -0.247 e. The molecule has 252 valence electrons. The van der Waals surface area contributed by atoms with Crippen molar-refractivity contribution in [1.82, 2.24) is 19.9 Å². The quantitative estimate of drug-likeness (QED) is 0.169. The highest BCUT2D eigenvalue weighted by Gasteiger charge is 2.36. The van der Waals surface area contributed by atoms with Crippen LogP contribution in [0.4, 0.5) is 0 Å². The molecule has 0 fully saturated rings. The molecule has 3 aliphatic carbocycles. The van der Waals surface area contributed by atoms with E-state index in [0.29, 0.717) is 17.5 Å². The van der Waals surface area contributed by atoms with E-state index < -0.39 is 0 Å². The van der Waals surface area contributed by atoms with Crippen molar-refractivity contribution >= 4 is 33.3 Å². The molecule has 1 atom stereocenters. The largest absolute Gasteiger partial charge is 0.247 e. The van der Waals surface area contributed by atoms with E-state index in [1.54, 1.807) is 0 Å². The summed E-state index contributed by atoms with van der Waals surface area (Å²) in [5, 5.41) is 3.55. The normalized spacial score (nSPS) is 15.4. The maximum absolute atomic E-state index is 5.43. The minimum absolute atomic E-state index is 0.0671. The van der Waals surface area contributed by atoms with E-state index in [1.807, 2.05) is 36.4 Å². The number of nitrogens with zero attached hydrogens (tertiary/aromatic N) is 4. The lowest BCUT2D eigenvalue weighted by atomic mass is 9.68. The number of para-hydroxylation sites is 1. The van der Waals surface area contributed by atoms with Crippen molar-refractivity contribution in [2.75, 3.05) is 0 Å². The van der Waals surface area contributed by atoms with Gasteiger partial charge in [0.05, 0.1) is 11.2 Å². The van der Waals surface area contributed by atoms with Crippen LogP contribution in [0.3, 0.4) is 0 Å². The monoisotopic (exact) mass is 688 g/mol. The van der Waals surface area contributed by atoms with E-state index in [4.69, 9.17) is 19.9 Å². The molecule has 0 spiro atoms. The van der Waals surface area contributed by atoms with Crippen molar-refractivity contribution in [3.05, 3.63) is 204 Å². The second kappa shape index (κ2) is 12.3. The Balaban J connectivity index is 1.09. The molecule has 54 heavy (non-hydrogen) atoms. The maximum Gasteiger partial charge on any atom is 0.164 e. The summed E-state index contributed by atoms with van der Waals surface area (Å²) in [6.45, 7) is 0. The molecule has 6 aromatic carbocycles. The van der Waals surface area contributed by atoms with Gasteiger partial charge in [0.2, 0.25) is 0 Å². The highest BCUT2D eigenvalue weighted by Crippen LogP contribution is 2.52. The van der Waals surface area contributed by atoms with Gasteiger partial charge in [-0.1, -0.05) is 170 Å². The topological polar surface area (TPSA) is 51.6 Å². The molecule has 1 unspecified atom stereocenters. The molecule has 0 saturated carbocycles. The molecule has 3 aliphatic rings. The average Bonchev–Trinajstić information content (AvgIpc) is 3.25. The van der Waals surface area contributed by atoms with E-state index in [0.717, 1.165) is 50.7 Å². The predicted molar refractivity (Wildman–Crippen MR) is 220 cm³/mol. The zero-order chi connectivity index (χ0) is 35.6. The number of pyridine rings is 1. The van der Waals surface area contributed by atoms with Crippen molar-refractivity contribution in [2.45, 2.75) is 12.3 Å². The minimum atomic E-state index is 0.0671. The molecule has 0 amide bonds. The average molecular weight is 689 g/mol. The van der Waals surface area contributed by atoms with Gasteiger partial charge < -0.3 is 0 Å². The zero-order valence-electron chi connectivity index (χ0n) is 29.3. The van der Waals surface area contributed by atoms with E-state index in [-0.39, 0.29) is 5.92 Å². The molecule has 4 heteroatoms. The Kier molecular flexibility index (Phi) is 6.96. The van der Waals surface area contributed by atoms with Crippen LogP contribution in [0.2, 0.25) is 0 Å². The first-order valence-corrected chi connectivity index (χ1v) is 18.5. The van der Waals surface area contributed by atoms with Gasteiger partial charge in [0.1, 0.15) is 0 Å². The summed E-state index contributed by atoms with van der Waals surface area (Å²) in [6.07, 6.45) is 12.3. The molecular formula is C50H32N4. The van der Waals surface area contributed by atoms with Crippen LogP contribution in [0, 0.1) is 0 Å². The molecular weight excluding hydrogens is 657 g/mol. The van der Waals surface area contributed by atoms with Crippen LogP contribution in [0.15, 0.2) is 181 Å². The van der Waals surface area contributed by atoms with Gasteiger partial charge in [0.25, 0.3) is 0 Å². The molecule has 4 nitrogen and oxygen atoms in total. The molecule has 0 saturated heterocycles. The number of hydrogen-bond acceptors (Lipinski definition) is 4.